The van der Waals surface area contributed by atoms with Gasteiger partial charge in [-0.2, -0.15) is 0 Å². The fraction of sp³-hybridized carbons (Fsp3) is 0.174. The first-order chi connectivity index (χ1) is 15.2. The lowest BCUT2D eigenvalue weighted by atomic mass is 10.1. The molecule has 0 aliphatic carbocycles. The summed E-state index contributed by atoms with van der Waals surface area (Å²) in [5.41, 5.74) is 1.70. The van der Waals surface area contributed by atoms with Crippen molar-refractivity contribution in [1.29, 1.82) is 0 Å². The van der Waals surface area contributed by atoms with Gasteiger partial charge in [0.15, 0.2) is 0 Å². The Morgan fingerprint density at radius 1 is 0.938 bits per heavy atom. The molecule has 0 radical (unpaired) electrons. The van der Waals surface area contributed by atoms with Gasteiger partial charge in [-0.05, 0) is 68.2 Å². The molecule has 2 N–H and O–H groups in total. The molecule has 1 atom stereocenters. The zero-order chi connectivity index (χ0) is 23.3. The standard InChI is InChI=1S/C23H23Cl2N3O3S/c1-28(2)15-22(17-10-13-20(24)21(25)14-17)27-32(30,31)19-11-8-16(9-12-19)23(29)26-18-6-4-3-5-7-18/h3-14,22,27H,15H2,1-2H3,(H,26,29)/t22-/m1/s1. The van der Waals surface area contributed by atoms with E-state index in [2.05, 4.69) is 10.0 Å². The number of nitrogens with zero attached hydrogens (tertiary/aromatic N) is 1. The number of hydrogen-bond donors (Lipinski definition) is 2. The van der Waals surface area contributed by atoms with Gasteiger partial charge >= 0.3 is 0 Å². The van der Waals surface area contributed by atoms with Gasteiger partial charge in [-0.3, -0.25) is 4.79 Å². The summed E-state index contributed by atoms with van der Waals surface area (Å²) in [7, 11) is -0.170. The van der Waals surface area contributed by atoms with Crippen LogP contribution in [0.15, 0.2) is 77.7 Å². The van der Waals surface area contributed by atoms with Crippen molar-refractivity contribution >= 4 is 44.8 Å². The lowest BCUT2D eigenvalue weighted by Gasteiger charge is -2.23. The van der Waals surface area contributed by atoms with Crippen LogP contribution in [-0.4, -0.2) is 39.9 Å². The number of rotatable bonds is 8. The van der Waals surface area contributed by atoms with Crippen LogP contribution in [0.3, 0.4) is 0 Å². The Balaban J connectivity index is 1.79. The van der Waals surface area contributed by atoms with Crippen LogP contribution in [0.25, 0.3) is 0 Å². The van der Waals surface area contributed by atoms with Gasteiger partial charge in [-0.15, -0.1) is 0 Å². The van der Waals surface area contributed by atoms with Crippen molar-refractivity contribution in [2.75, 3.05) is 26.0 Å². The van der Waals surface area contributed by atoms with E-state index in [-0.39, 0.29) is 10.8 Å². The van der Waals surface area contributed by atoms with E-state index in [1.807, 2.05) is 37.2 Å². The fourth-order valence-electron chi connectivity index (χ4n) is 3.07. The van der Waals surface area contributed by atoms with E-state index in [0.717, 1.165) is 0 Å². The second kappa shape index (κ2) is 10.5. The van der Waals surface area contributed by atoms with Gasteiger partial charge in [0, 0.05) is 17.8 Å². The molecule has 6 nitrogen and oxygen atoms in total. The molecule has 1 amide bonds. The molecule has 0 fully saturated rings. The molecule has 3 aromatic carbocycles. The quantitative estimate of drug-likeness (QED) is 0.473. The Bertz CT molecular complexity index is 1180. The Morgan fingerprint density at radius 2 is 1.59 bits per heavy atom. The van der Waals surface area contributed by atoms with Gasteiger partial charge in [0.05, 0.1) is 21.0 Å². The van der Waals surface area contributed by atoms with Gasteiger partial charge in [-0.1, -0.05) is 47.5 Å². The first-order valence-electron chi connectivity index (χ1n) is 9.74. The molecule has 3 aromatic rings. The zero-order valence-corrected chi connectivity index (χ0v) is 19.9. The van der Waals surface area contributed by atoms with Gasteiger partial charge in [0.1, 0.15) is 0 Å². The molecule has 0 saturated carbocycles. The summed E-state index contributed by atoms with van der Waals surface area (Å²) in [5, 5.41) is 3.51. The Hall–Kier alpha value is -2.42. The molecule has 0 aliphatic heterocycles. The number of amides is 1. The van der Waals surface area contributed by atoms with Crippen molar-refractivity contribution in [2.24, 2.45) is 0 Å². The summed E-state index contributed by atoms with van der Waals surface area (Å²) < 4.78 is 28.8. The average molecular weight is 492 g/mol. The van der Waals surface area contributed by atoms with E-state index in [1.54, 1.807) is 30.3 Å². The molecule has 0 saturated heterocycles. The summed E-state index contributed by atoms with van der Waals surface area (Å²) in [4.78, 5) is 14.3. The SMILES string of the molecule is CN(C)C[C@@H](NS(=O)(=O)c1ccc(C(=O)Nc2ccccc2)cc1)c1ccc(Cl)c(Cl)c1. The molecule has 0 unspecified atom stereocenters. The number of carbonyl (C=O) groups excluding carboxylic acids is 1. The van der Waals surface area contributed by atoms with Crippen molar-refractivity contribution in [3.63, 3.8) is 0 Å². The van der Waals surface area contributed by atoms with Crippen LogP contribution in [0.5, 0.6) is 0 Å². The van der Waals surface area contributed by atoms with Gasteiger partial charge in [-0.25, -0.2) is 13.1 Å². The molecule has 0 aliphatic rings. The van der Waals surface area contributed by atoms with E-state index in [0.29, 0.717) is 33.4 Å². The third-order valence-corrected chi connectivity index (χ3v) is 6.88. The van der Waals surface area contributed by atoms with Crippen LogP contribution < -0.4 is 10.0 Å². The maximum Gasteiger partial charge on any atom is 0.255 e. The van der Waals surface area contributed by atoms with Crippen molar-refractivity contribution in [3.8, 4) is 0 Å². The minimum Gasteiger partial charge on any atom is -0.322 e. The highest BCUT2D eigenvalue weighted by Gasteiger charge is 2.23. The third-order valence-electron chi connectivity index (χ3n) is 4.65. The molecule has 32 heavy (non-hydrogen) atoms. The van der Waals surface area contributed by atoms with E-state index < -0.39 is 16.1 Å². The third kappa shape index (κ3) is 6.31. The summed E-state index contributed by atoms with van der Waals surface area (Å²) >= 11 is 12.1. The van der Waals surface area contributed by atoms with E-state index in [1.165, 1.54) is 24.3 Å². The number of carbonyl (C=O) groups is 1. The summed E-state index contributed by atoms with van der Waals surface area (Å²) in [5.74, 6) is -0.325. The molecule has 0 spiro atoms. The second-order valence-electron chi connectivity index (χ2n) is 7.45. The Kier molecular flexibility index (Phi) is 7.92. The van der Waals surface area contributed by atoms with Crippen molar-refractivity contribution < 1.29 is 13.2 Å². The number of halogens is 2. The maximum atomic E-state index is 13.0. The topological polar surface area (TPSA) is 78.5 Å². The molecule has 9 heteroatoms. The van der Waals surface area contributed by atoms with E-state index >= 15 is 0 Å². The minimum absolute atomic E-state index is 0.0533. The van der Waals surface area contributed by atoms with E-state index in [9.17, 15) is 13.2 Å². The highest BCUT2D eigenvalue weighted by Crippen LogP contribution is 2.27. The van der Waals surface area contributed by atoms with Crippen LogP contribution in [-0.2, 0) is 10.0 Å². The predicted octanol–water partition coefficient (Wildman–Crippen LogP) is 4.83. The Morgan fingerprint density at radius 3 is 2.19 bits per heavy atom. The largest absolute Gasteiger partial charge is 0.322 e. The number of anilines is 1. The van der Waals surface area contributed by atoms with Crippen molar-refractivity contribution in [3.05, 3.63) is 94.0 Å². The number of sulfonamides is 1. The molecule has 0 heterocycles. The van der Waals surface area contributed by atoms with Gasteiger partial charge in [0.25, 0.3) is 5.91 Å². The first-order valence-corrected chi connectivity index (χ1v) is 12.0. The molecule has 168 valence electrons. The first kappa shape index (κ1) is 24.2. The molecular weight excluding hydrogens is 469 g/mol. The van der Waals surface area contributed by atoms with Crippen LogP contribution in [0.2, 0.25) is 10.0 Å². The summed E-state index contributed by atoms with van der Waals surface area (Å²) in [6, 6.07) is 19.3. The Labute approximate surface area is 198 Å². The lowest BCUT2D eigenvalue weighted by Crippen LogP contribution is -2.35. The average Bonchev–Trinajstić information content (AvgIpc) is 2.75. The zero-order valence-electron chi connectivity index (χ0n) is 17.5. The molecular formula is C23H23Cl2N3O3S. The number of likely N-dealkylation sites (N-methyl/N-ethyl adjacent to an activating group) is 1. The summed E-state index contributed by atoms with van der Waals surface area (Å²) in [6.07, 6.45) is 0. The number of para-hydroxylation sites is 1. The van der Waals surface area contributed by atoms with Crippen LogP contribution in [0.4, 0.5) is 5.69 Å². The van der Waals surface area contributed by atoms with Gasteiger partial charge in [0.2, 0.25) is 10.0 Å². The fourth-order valence-corrected chi connectivity index (χ4v) is 4.59. The second-order valence-corrected chi connectivity index (χ2v) is 9.98. The van der Waals surface area contributed by atoms with E-state index in [4.69, 9.17) is 23.2 Å². The highest BCUT2D eigenvalue weighted by molar-refractivity contribution is 7.89. The number of nitrogens with one attached hydrogen (secondary N) is 2. The lowest BCUT2D eigenvalue weighted by molar-refractivity contribution is 0.102. The number of benzene rings is 3. The normalized spacial score (nSPS) is 12.5. The highest BCUT2D eigenvalue weighted by atomic mass is 35.5. The molecule has 0 aromatic heterocycles. The molecule has 0 bridgehead atoms. The van der Waals surface area contributed by atoms with Gasteiger partial charge < -0.3 is 10.2 Å². The molecule has 3 rings (SSSR count). The van der Waals surface area contributed by atoms with Crippen LogP contribution >= 0.6 is 23.2 Å². The monoisotopic (exact) mass is 491 g/mol. The summed E-state index contributed by atoms with van der Waals surface area (Å²) in [6.45, 7) is 0.411. The van der Waals surface area contributed by atoms with Crippen LogP contribution in [0.1, 0.15) is 22.0 Å². The predicted molar refractivity (Wildman–Crippen MR) is 129 cm³/mol. The van der Waals surface area contributed by atoms with Crippen molar-refractivity contribution in [1.82, 2.24) is 9.62 Å². The smallest absolute Gasteiger partial charge is 0.255 e. The van der Waals surface area contributed by atoms with Crippen LogP contribution in [0, 0.1) is 0 Å². The minimum atomic E-state index is -3.86. The van der Waals surface area contributed by atoms with Crippen molar-refractivity contribution in [2.45, 2.75) is 10.9 Å². The maximum absolute atomic E-state index is 13.0. The number of hydrogen-bond acceptors (Lipinski definition) is 4.